The van der Waals surface area contributed by atoms with Gasteiger partial charge in [-0.2, -0.15) is 0 Å². The van der Waals surface area contributed by atoms with Crippen LogP contribution in [0.25, 0.3) is 0 Å². The maximum atomic E-state index is 13.2. The van der Waals surface area contributed by atoms with Crippen LogP contribution in [0.15, 0.2) is 24.3 Å². The number of benzene rings is 1. The van der Waals surface area contributed by atoms with Gasteiger partial charge in [0.2, 0.25) is 5.91 Å². The van der Waals surface area contributed by atoms with Gasteiger partial charge in [-0.25, -0.2) is 4.39 Å². The third kappa shape index (κ3) is 4.24. The van der Waals surface area contributed by atoms with Crippen LogP contribution in [0.1, 0.15) is 25.7 Å². The van der Waals surface area contributed by atoms with Gasteiger partial charge in [-0.05, 0) is 25.0 Å². The van der Waals surface area contributed by atoms with Crippen molar-refractivity contribution >= 4 is 5.91 Å². The predicted octanol–water partition coefficient (Wildman–Crippen LogP) is 1.98. The van der Waals surface area contributed by atoms with Crippen molar-refractivity contribution in [3.05, 3.63) is 30.1 Å². The van der Waals surface area contributed by atoms with Crippen molar-refractivity contribution < 1.29 is 23.8 Å². The monoisotopic (exact) mass is 337 g/mol. The molecule has 2 fully saturated rings. The minimum Gasteiger partial charge on any atom is -0.490 e. The number of β-amino-alcohol motifs (C(OH)–C–C–N with tert-alkyl or cyclic N) is 1. The first kappa shape index (κ1) is 17.2. The smallest absolute Gasteiger partial charge is 0.225 e. The quantitative estimate of drug-likeness (QED) is 0.913. The lowest BCUT2D eigenvalue weighted by molar-refractivity contribution is -0.139. The number of hydrogen-bond donors (Lipinski definition) is 1. The molecule has 1 saturated heterocycles. The van der Waals surface area contributed by atoms with Gasteiger partial charge in [0, 0.05) is 18.5 Å². The number of hydrogen-bond acceptors (Lipinski definition) is 4. The summed E-state index contributed by atoms with van der Waals surface area (Å²) in [7, 11) is 0. The van der Waals surface area contributed by atoms with Crippen molar-refractivity contribution in [1.29, 1.82) is 0 Å². The van der Waals surface area contributed by atoms with Crippen molar-refractivity contribution in [2.24, 2.45) is 5.92 Å². The third-order valence-corrected chi connectivity index (χ3v) is 4.68. The molecule has 1 aliphatic carbocycles. The molecule has 24 heavy (non-hydrogen) atoms. The van der Waals surface area contributed by atoms with E-state index >= 15 is 0 Å². The van der Waals surface area contributed by atoms with Crippen molar-refractivity contribution in [2.75, 3.05) is 32.9 Å². The molecule has 2 aliphatic rings. The summed E-state index contributed by atoms with van der Waals surface area (Å²) in [5.74, 6) is 0.120. The SMILES string of the molecule is O=C(C1CCCC1)N1CCOC[C@](O)(COc2cccc(F)c2)C1. The number of amides is 1. The number of rotatable bonds is 4. The summed E-state index contributed by atoms with van der Waals surface area (Å²) in [5.41, 5.74) is -1.29. The van der Waals surface area contributed by atoms with Crippen LogP contribution in [0.5, 0.6) is 5.75 Å². The van der Waals surface area contributed by atoms with Gasteiger partial charge >= 0.3 is 0 Å². The maximum absolute atomic E-state index is 13.2. The Morgan fingerprint density at radius 2 is 2.21 bits per heavy atom. The fourth-order valence-electron chi connectivity index (χ4n) is 3.40. The number of halogens is 1. The number of aliphatic hydroxyl groups is 1. The molecule has 3 rings (SSSR count). The Morgan fingerprint density at radius 1 is 1.42 bits per heavy atom. The van der Waals surface area contributed by atoms with Crippen LogP contribution in [0.3, 0.4) is 0 Å². The first-order chi connectivity index (χ1) is 11.6. The van der Waals surface area contributed by atoms with E-state index in [1.165, 1.54) is 12.1 Å². The van der Waals surface area contributed by atoms with Crippen LogP contribution >= 0.6 is 0 Å². The van der Waals surface area contributed by atoms with Gasteiger partial charge in [-0.15, -0.1) is 0 Å². The predicted molar refractivity (Wildman–Crippen MR) is 86.2 cm³/mol. The molecule has 1 aromatic carbocycles. The van der Waals surface area contributed by atoms with E-state index in [1.807, 2.05) is 0 Å². The summed E-state index contributed by atoms with van der Waals surface area (Å²) in [5, 5.41) is 10.8. The molecule has 0 bridgehead atoms. The standard InChI is InChI=1S/C18H24FNO4/c19-15-6-3-7-16(10-15)24-13-18(22)11-20(8-9-23-12-18)17(21)14-4-1-2-5-14/h3,6-7,10,14,22H,1-2,4-5,8-9,11-13H2/t18-/m0/s1. The Morgan fingerprint density at radius 3 is 2.96 bits per heavy atom. The molecular formula is C18H24FNO4. The second kappa shape index (κ2) is 7.49. The van der Waals surface area contributed by atoms with Crippen LogP contribution in [0.4, 0.5) is 4.39 Å². The molecule has 0 spiro atoms. The summed E-state index contributed by atoms with van der Waals surface area (Å²) in [6, 6.07) is 5.78. The number of nitrogens with zero attached hydrogens (tertiary/aromatic N) is 1. The van der Waals surface area contributed by atoms with E-state index in [9.17, 15) is 14.3 Å². The molecule has 5 nitrogen and oxygen atoms in total. The van der Waals surface area contributed by atoms with E-state index in [4.69, 9.17) is 9.47 Å². The van der Waals surface area contributed by atoms with Gasteiger partial charge in [0.15, 0.2) is 0 Å². The summed E-state index contributed by atoms with van der Waals surface area (Å²) in [4.78, 5) is 14.3. The van der Waals surface area contributed by atoms with Gasteiger partial charge in [0.05, 0.1) is 19.8 Å². The Labute approximate surface area is 141 Å². The molecule has 0 unspecified atom stereocenters. The average molecular weight is 337 g/mol. The van der Waals surface area contributed by atoms with E-state index in [-0.39, 0.29) is 31.6 Å². The molecule has 0 aromatic heterocycles. The highest BCUT2D eigenvalue weighted by Gasteiger charge is 2.37. The molecule has 1 aromatic rings. The van der Waals surface area contributed by atoms with Crippen molar-refractivity contribution in [3.63, 3.8) is 0 Å². The summed E-state index contributed by atoms with van der Waals surface area (Å²) >= 11 is 0. The Kier molecular flexibility index (Phi) is 5.36. The number of carbonyl (C=O) groups is 1. The Hall–Kier alpha value is -1.66. The molecule has 1 aliphatic heterocycles. The molecule has 1 saturated carbocycles. The van der Waals surface area contributed by atoms with Crippen LogP contribution < -0.4 is 4.74 Å². The largest absolute Gasteiger partial charge is 0.490 e. The normalized spacial score (nSPS) is 25.5. The average Bonchev–Trinajstić information content (AvgIpc) is 3.03. The van der Waals surface area contributed by atoms with Crippen LogP contribution in [0.2, 0.25) is 0 Å². The van der Waals surface area contributed by atoms with Gasteiger partial charge in [-0.3, -0.25) is 4.79 Å². The highest BCUT2D eigenvalue weighted by Crippen LogP contribution is 2.28. The van der Waals surface area contributed by atoms with Crippen molar-refractivity contribution in [3.8, 4) is 5.75 Å². The van der Waals surface area contributed by atoms with Gasteiger partial charge in [0.1, 0.15) is 23.8 Å². The lowest BCUT2D eigenvalue weighted by atomic mass is 10.0. The molecule has 1 N–H and O–H groups in total. The van der Waals surface area contributed by atoms with Crippen molar-refractivity contribution in [1.82, 2.24) is 4.90 Å². The second-order valence-corrected chi connectivity index (χ2v) is 6.76. The fourth-order valence-corrected chi connectivity index (χ4v) is 3.40. The van der Waals surface area contributed by atoms with E-state index in [2.05, 4.69) is 0 Å². The summed E-state index contributed by atoms with van der Waals surface area (Å²) in [6.45, 7) is 1.11. The zero-order valence-electron chi connectivity index (χ0n) is 13.7. The number of ether oxygens (including phenoxy) is 2. The zero-order valence-corrected chi connectivity index (χ0v) is 13.7. The fraction of sp³-hybridized carbons (Fsp3) is 0.611. The van der Waals surface area contributed by atoms with E-state index < -0.39 is 11.4 Å². The highest BCUT2D eigenvalue weighted by atomic mass is 19.1. The zero-order chi connectivity index (χ0) is 17.0. The van der Waals surface area contributed by atoms with Crippen LogP contribution in [-0.2, 0) is 9.53 Å². The van der Waals surface area contributed by atoms with Crippen LogP contribution in [0, 0.1) is 11.7 Å². The molecule has 6 heteroatoms. The minimum atomic E-state index is -1.29. The Balaban J connectivity index is 1.63. The lowest BCUT2D eigenvalue weighted by Gasteiger charge is -2.31. The second-order valence-electron chi connectivity index (χ2n) is 6.76. The highest BCUT2D eigenvalue weighted by molar-refractivity contribution is 5.79. The molecule has 0 radical (unpaired) electrons. The lowest BCUT2D eigenvalue weighted by Crippen LogP contribution is -2.51. The molecule has 132 valence electrons. The summed E-state index contributed by atoms with van der Waals surface area (Å²) in [6.07, 6.45) is 4.03. The third-order valence-electron chi connectivity index (χ3n) is 4.68. The van der Waals surface area contributed by atoms with E-state index in [1.54, 1.807) is 17.0 Å². The molecule has 1 atom stereocenters. The topological polar surface area (TPSA) is 59.0 Å². The maximum Gasteiger partial charge on any atom is 0.225 e. The minimum absolute atomic E-state index is 0.0507. The first-order valence-electron chi connectivity index (χ1n) is 8.53. The van der Waals surface area contributed by atoms with Gasteiger partial charge in [-0.1, -0.05) is 18.9 Å². The van der Waals surface area contributed by atoms with E-state index in [0.717, 1.165) is 25.7 Å². The van der Waals surface area contributed by atoms with Crippen molar-refractivity contribution in [2.45, 2.75) is 31.3 Å². The molecular weight excluding hydrogens is 313 g/mol. The molecule has 1 heterocycles. The first-order valence-corrected chi connectivity index (χ1v) is 8.53. The van der Waals surface area contributed by atoms with E-state index in [0.29, 0.717) is 18.9 Å². The Bertz CT molecular complexity index is 576. The van der Waals surface area contributed by atoms with Gasteiger partial charge < -0.3 is 19.5 Å². The van der Waals surface area contributed by atoms with Gasteiger partial charge in [0.25, 0.3) is 0 Å². The summed E-state index contributed by atoms with van der Waals surface area (Å²) < 4.78 is 24.2. The number of carbonyl (C=O) groups excluding carboxylic acids is 1. The van der Waals surface area contributed by atoms with Crippen LogP contribution in [-0.4, -0.2) is 54.4 Å². The molecule has 1 amide bonds.